The molecule has 1 amide bonds. The Labute approximate surface area is 155 Å². The summed E-state index contributed by atoms with van der Waals surface area (Å²) in [6.45, 7) is 5.98. The van der Waals surface area contributed by atoms with Gasteiger partial charge in [0.25, 0.3) is 5.91 Å². The Morgan fingerprint density at radius 2 is 1.96 bits per heavy atom. The SMILES string of the molecule is COc1ccccc1/C=C/C(=O)O[C@H](C)C(=O)N[C@@H]1CCC[C@H](C)[C@H]1C. The normalized spacial score (nSPS) is 24.1. The molecule has 1 saturated carbocycles. The van der Waals surface area contributed by atoms with Gasteiger partial charge in [0, 0.05) is 17.7 Å². The number of carbonyl (C=O) groups is 2. The minimum Gasteiger partial charge on any atom is -0.496 e. The van der Waals surface area contributed by atoms with Gasteiger partial charge in [-0.15, -0.1) is 0 Å². The lowest BCUT2D eigenvalue weighted by Crippen LogP contribution is -2.47. The molecule has 0 bridgehead atoms. The lowest BCUT2D eigenvalue weighted by atomic mass is 9.78. The lowest BCUT2D eigenvalue weighted by Gasteiger charge is -2.35. The first kappa shape index (κ1) is 20.0. The second-order valence-corrected chi connectivity index (χ2v) is 7.04. The third-order valence-electron chi connectivity index (χ3n) is 5.23. The molecule has 1 aliphatic carbocycles. The van der Waals surface area contributed by atoms with Crippen LogP contribution in [-0.2, 0) is 14.3 Å². The number of hydrogen-bond acceptors (Lipinski definition) is 4. The van der Waals surface area contributed by atoms with Crippen molar-refractivity contribution in [2.24, 2.45) is 11.8 Å². The summed E-state index contributed by atoms with van der Waals surface area (Å²) >= 11 is 0. The van der Waals surface area contributed by atoms with Gasteiger partial charge in [-0.2, -0.15) is 0 Å². The van der Waals surface area contributed by atoms with Crippen LogP contribution in [0.5, 0.6) is 5.75 Å². The fourth-order valence-electron chi connectivity index (χ4n) is 3.31. The molecule has 5 nitrogen and oxygen atoms in total. The highest BCUT2D eigenvalue weighted by Crippen LogP contribution is 2.29. The largest absolute Gasteiger partial charge is 0.496 e. The van der Waals surface area contributed by atoms with Crippen molar-refractivity contribution in [1.29, 1.82) is 0 Å². The van der Waals surface area contributed by atoms with Gasteiger partial charge < -0.3 is 14.8 Å². The molecule has 1 fully saturated rings. The lowest BCUT2D eigenvalue weighted by molar-refractivity contribution is -0.150. The minimum absolute atomic E-state index is 0.150. The van der Waals surface area contributed by atoms with Crippen LogP contribution in [0.3, 0.4) is 0 Å². The number of hydrogen-bond donors (Lipinski definition) is 1. The molecule has 0 aliphatic heterocycles. The summed E-state index contributed by atoms with van der Waals surface area (Å²) in [6.07, 6.45) is 5.40. The predicted octanol–water partition coefficient (Wildman–Crippen LogP) is 3.58. The van der Waals surface area contributed by atoms with Gasteiger partial charge in [0.15, 0.2) is 6.10 Å². The molecule has 1 N–H and O–H groups in total. The highest BCUT2D eigenvalue weighted by atomic mass is 16.5. The monoisotopic (exact) mass is 359 g/mol. The Hall–Kier alpha value is -2.30. The average molecular weight is 359 g/mol. The number of ether oxygens (including phenoxy) is 2. The maximum Gasteiger partial charge on any atom is 0.331 e. The third kappa shape index (κ3) is 5.35. The Morgan fingerprint density at radius 3 is 2.69 bits per heavy atom. The molecular weight excluding hydrogens is 330 g/mol. The molecule has 5 heteroatoms. The summed E-state index contributed by atoms with van der Waals surface area (Å²) < 4.78 is 10.5. The predicted molar refractivity (Wildman–Crippen MR) is 102 cm³/mol. The zero-order valence-corrected chi connectivity index (χ0v) is 16.0. The van der Waals surface area contributed by atoms with Crippen LogP contribution in [0.2, 0.25) is 0 Å². The van der Waals surface area contributed by atoms with Crippen molar-refractivity contribution >= 4 is 18.0 Å². The average Bonchev–Trinajstić information content (AvgIpc) is 2.63. The number of para-hydroxylation sites is 1. The van der Waals surface area contributed by atoms with E-state index in [-0.39, 0.29) is 11.9 Å². The minimum atomic E-state index is -0.825. The zero-order chi connectivity index (χ0) is 19.1. The number of carbonyl (C=O) groups excluding carboxylic acids is 2. The Morgan fingerprint density at radius 1 is 1.23 bits per heavy atom. The smallest absolute Gasteiger partial charge is 0.331 e. The van der Waals surface area contributed by atoms with E-state index >= 15 is 0 Å². The van der Waals surface area contributed by atoms with E-state index in [2.05, 4.69) is 19.2 Å². The van der Waals surface area contributed by atoms with Crippen molar-refractivity contribution in [2.75, 3.05) is 7.11 Å². The molecule has 0 aromatic heterocycles. The fourth-order valence-corrected chi connectivity index (χ4v) is 3.31. The van der Waals surface area contributed by atoms with E-state index in [1.165, 1.54) is 12.5 Å². The molecule has 4 atom stereocenters. The standard InChI is InChI=1S/C21H29NO4/c1-14-8-7-10-18(15(14)2)22-21(24)16(3)26-20(23)13-12-17-9-5-6-11-19(17)25-4/h5-6,9,11-16,18H,7-8,10H2,1-4H3,(H,22,24)/b13-12+/t14-,15+,16+,18+/m0/s1. The van der Waals surface area contributed by atoms with Crippen molar-refractivity contribution < 1.29 is 19.1 Å². The number of nitrogens with one attached hydrogen (secondary N) is 1. The Kier molecular flexibility index (Phi) is 7.25. The second-order valence-electron chi connectivity index (χ2n) is 7.04. The van der Waals surface area contributed by atoms with Crippen molar-refractivity contribution in [3.8, 4) is 5.75 Å². The summed E-state index contributed by atoms with van der Waals surface area (Å²) in [5.41, 5.74) is 0.772. The van der Waals surface area contributed by atoms with Crippen LogP contribution in [0.25, 0.3) is 6.08 Å². The molecular formula is C21H29NO4. The van der Waals surface area contributed by atoms with E-state index in [0.29, 0.717) is 17.6 Å². The first-order chi connectivity index (χ1) is 12.4. The molecule has 1 aliphatic rings. The van der Waals surface area contributed by atoms with Crippen LogP contribution in [0.4, 0.5) is 0 Å². The molecule has 0 saturated heterocycles. The van der Waals surface area contributed by atoms with Crippen LogP contribution in [0.15, 0.2) is 30.3 Å². The van der Waals surface area contributed by atoms with Gasteiger partial charge in [-0.3, -0.25) is 4.79 Å². The molecule has 0 heterocycles. The topological polar surface area (TPSA) is 64.6 Å². The summed E-state index contributed by atoms with van der Waals surface area (Å²) in [5.74, 6) is 0.901. The number of methoxy groups -OCH3 is 1. The molecule has 0 spiro atoms. The summed E-state index contributed by atoms with van der Waals surface area (Å²) in [7, 11) is 1.57. The van der Waals surface area contributed by atoms with Crippen molar-refractivity contribution in [1.82, 2.24) is 5.32 Å². The van der Waals surface area contributed by atoms with E-state index in [1.54, 1.807) is 20.1 Å². The molecule has 1 aromatic carbocycles. The Bertz CT molecular complexity index is 655. The van der Waals surface area contributed by atoms with Gasteiger partial charge in [-0.1, -0.05) is 44.9 Å². The summed E-state index contributed by atoms with van der Waals surface area (Å²) in [4.78, 5) is 24.4. The number of esters is 1. The molecule has 26 heavy (non-hydrogen) atoms. The molecule has 142 valence electrons. The van der Waals surface area contributed by atoms with Gasteiger partial charge >= 0.3 is 5.97 Å². The number of rotatable bonds is 6. The first-order valence-electron chi connectivity index (χ1n) is 9.24. The zero-order valence-electron chi connectivity index (χ0n) is 16.0. The quantitative estimate of drug-likeness (QED) is 0.623. The van der Waals surface area contributed by atoms with Crippen LogP contribution < -0.4 is 10.1 Å². The van der Waals surface area contributed by atoms with Gasteiger partial charge in [-0.05, 0) is 37.3 Å². The van der Waals surface area contributed by atoms with Crippen molar-refractivity contribution in [3.63, 3.8) is 0 Å². The van der Waals surface area contributed by atoms with Gasteiger partial charge in [0.05, 0.1) is 7.11 Å². The summed E-state index contributed by atoms with van der Waals surface area (Å²) in [5, 5.41) is 3.04. The first-order valence-corrected chi connectivity index (χ1v) is 9.24. The Balaban J connectivity index is 1.87. The number of benzene rings is 1. The fraction of sp³-hybridized carbons (Fsp3) is 0.524. The number of amides is 1. The van der Waals surface area contributed by atoms with E-state index in [1.807, 2.05) is 24.3 Å². The van der Waals surface area contributed by atoms with Crippen LogP contribution in [-0.4, -0.2) is 31.1 Å². The molecule has 0 unspecified atom stereocenters. The molecule has 0 radical (unpaired) electrons. The molecule has 2 rings (SSSR count). The van der Waals surface area contributed by atoms with E-state index in [9.17, 15) is 9.59 Å². The van der Waals surface area contributed by atoms with Crippen molar-refractivity contribution in [3.05, 3.63) is 35.9 Å². The summed E-state index contributed by atoms with van der Waals surface area (Å²) in [6, 6.07) is 7.51. The van der Waals surface area contributed by atoms with E-state index in [4.69, 9.17) is 9.47 Å². The van der Waals surface area contributed by atoms with Crippen LogP contribution in [0.1, 0.15) is 45.6 Å². The van der Waals surface area contributed by atoms with Crippen LogP contribution >= 0.6 is 0 Å². The second kappa shape index (κ2) is 9.41. The van der Waals surface area contributed by atoms with Crippen LogP contribution in [0, 0.1) is 11.8 Å². The van der Waals surface area contributed by atoms with Gasteiger partial charge in [0.2, 0.25) is 0 Å². The maximum atomic E-state index is 12.3. The van der Waals surface area contributed by atoms with Gasteiger partial charge in [-0.25, -0.2) is 4.79 Å². The highest BCUT2D eigenvalue weighted by Gasteiger charge is 2.29. The van der Waals surface area contributed by atoms with E-state index < -0.39 is 12.1 Å². The molecule has 1 aromatic rings. The van der Waals surface area contributed by atoms with E-state index in [0.717, 1.165) is 18.4 Å². The van der Waals surface area contributed by atoms with Crippen molar-refractivity contribution in [2.45, 2.75) is 52.2 Å². The third-order valence-corrected chi connectivity index (χ3v) is 5.23. The maximum absolute atomic E-state index is 12.3. The van der Waals surface area contributed by atoms with Gasteiger partial charge in [0.1, 0.15) is 5.75 Å². The highest BCUT2D eigenvalue weighted by molar-refractivity contribution is 5.90.